The molecule has 0 N–H and O–H groups in total. The third-order valence-electron chi connectivity index (χ3n) is 5.49. The van der Waals surface area contributed by atoms with Gasteiger partial charge in [-0.25, -0.2) is 4.79 Å². The van der Waals surface area contributed by atoms with Gasteiger partial charge in [0, 0.05) is 17.6 Å². The van der Waals surface area contributed by atoms with E-state index in [1.165, 1.54) is 28.4 Å². The van der Waals surface area contributed by atoms with E-state index < -0.39 is 5.97 Å². The number of esters is 1. The average Bonchev–Trinajstić information content (AvgIpc) is 2.91. The molecule has 0 aliphatic rings. The minimum Gasteiger partial charge on any atom is -0.497 e. The lowest BCUT2D eigenvalue weighted by Gasteiger charge is -2.18. The van der Waals surface area contributed by atoms with Crippen LogP contribution in [0.3, 0.4) is 0 Å². The Morgan fingerprint density at radius 1 is 0.686 bits per heavy atom. The van der Waals surface area contributed by atoms with Crippen molar-refractivity contribution in [1.82, 2.24) is 0 Å². The molecule has 0 spiro atoms. The fourth-order valence-corrected chi connectivity index (χ4v) is 3.74. The van der Waals surface area contributed by atoms with Crippen LogP contribution >= 0.6 is 0 Å². The van der Waals surface area contributed by atoms with Crippen molar-refractivity contribution in [3.63, 3.8) is 0 Å². The number of hydrogen-bond acceptors (Lipinski definition) is 7. The average molecular weight is 477 g/mol. The summed E-state index contributed by atoms with van der Waals surface area (Å²) < 4.78 is 26.7. The summed E-state index contributed by atoms with van der Waals surface area (Å²) in [5.74, 6) is 0.707. The van der Waals surface area contributed by atoms with Crippen LogP contribution in [0.4, 0.5) is 0 Å². The summed E-state index contributed by atoms with van der Waals surface area (Å²) in [5.41, 5.74) is 2.04. The molecule has 0 unspecified atom stereocenters. The van der Waals surface area contributed by atoms with Gasteiger partial charge in [-0.2, -0.15) is 0 Å². The highest BCUT2D eigenvalue weighted by Gasteiger charge is 2.27. The number of allylic oxidation sites excluding steroid dienone is 1. The highest BCUT2D eigenvalue weighted by molar-refractivity contribution is 6.27. The minimum atomic E-state index is -0.660. The zero-order valence-electron chi connectivity index (χ0n) is 20.4. The number of rotatable bonds is 10. The first-order valence-electron chi connectivity index (χ1n) is 10.8. The third-order valence-corrected chi connectivity index (χ3v) is 5.49. The van der Waals surface area contributed by atoms with Crippen LogP contribution in [0.2, 0.25) is 0 Å². The van der Waals surface area contributed by atoms with E-state index in [2.05, 4.69) is 0 Å². The van der Waals surface area contributed by atoms with Gasteiger partial charge in [0.15, 0.2) is 17.3 Å². The molecule has 0 saturated heterocycles. The lowest BCUT2D eigenvalue weighted by molar-refractivity contribution is -0.133. The van der Waals surface area contributed by atoms with Crippen molar-refractivity contribution in [2.75, 3.05) is 35.5 Å². The molecule has 35 heavy (non-hydrogen) atoms. The molecule has 0 radical (unpaired) electrons. The fraction of sp³-hybridized carbons (Fsp3) is 0.214. The molecule has 0 heterocycles. The summed E-state index contributed by atoms with van der Waals surface area (Å²) in [6.07, 6.45) is 0.201. The van der Waals surface area contributed by atoms with E-state index in [4.69, 9.17) is 23.7 Å². The summed E-state index contributed by atoms with van der Waals surface area (Å²) in [6.45, 7) is 0. The van der Waals surface area contributed by atoms with E-state index >= 15 is 0 Å². The summed E-state index contributed by atoms with van der Waals surface area (Å²) >= 11 is 0. The molecule has 0 aliphatic heterocycles. The normalized spacial score (nSPS) is 11.2. The molecular formula is C28H28O7. The van der Waals surface area contributed by atoms with Gasteiger partial charge < -0.3 is 23.7 Å². The van der Waals surface area contributed by atoms with Gasteiger partial charge in [-0.3, -0.25) is 4.79 Å². The first-order chi connectivity index (χ1) is 17.0. The monoisotopic (exact) mass is 476 g/mol. The Morgan fingerprint density at radius 2 is 1.29 bits per heavy atom. The van der Waals surface area contributed by atoms with Crippen LogP contribution in [0.1, 0.15) is 21.5 Å². The Bertz CT molecular complexity index is 1190. The molecule has 3 aromatic carbocycles. The number of carbonyl (C=O) groups is 2. The van der Waals surface area contributed by atoms with Crippen molar-refractivity contribution < 1.29 is 33.3 Å². The number of methoxy groups -OCH3 is 5. The Morgan fingerprint density at radius 3 is 1.77 bits per heavy atom. The van der Waals surface area contributed by atoms with Crippen LogP contribution in [0.15, 0.2) is 72.3 Å². The molecule has 7 heteroatoms. The quantitative estimate of drug-likeness (QED) is 0.237. The van der Waals surface area contributed by atoms with Gasteiger partial charge in [-0.05, 0) is 47.5 Å². The van der Waals surface area contributed by atoms with Crippen LogP contribution in [0, 0.1) is 0 Å². The second kappa shape index (κ2) is 11.7. The van der Waals surface area contributed by atoms with E-state index in [9.17, 15) is 9.59 Å². The molecule has 0 aliphatic carbocycles. The number of Topliss-reactive ketones (excluding diaryl/α,β-unsaturated/α-hetero) is 1. The first kappa shape index (κ1) is 25.4. The molecule has 0 aromatic heterocycles. The highest BCUT2D eigenvalue weighted by Crippen LogP contribution is 2.41. The largest absolute Gasteiger partial charge is 0.497 e. The minimum absolute atomic E-state index is 0.108. The summed E-state index contributed by atoms with van der Waals surface area (Å²) in [5, 5.41) is 0. The van der Waals surface area contributed by atoms with E-state index in [0.717, 1.165) is 5.56 Å². The van der Waals surface area contributed by atoms with Gasteiger partial charge >= 0.3 is 5.97 Å². The summed E-state index contributed by atoms with van der Waals surface area (Å²) in [4.78, 5) is 27.0. The molecule has 182 valence electrons. The van der Waals surface area contributed by atoms with Crippen molar-refractivity contribution in [3.8, 4) is 23.0 Å². The van der Waals surface area contributed by atoms with Gasteiger partial charge in [0.2, 0.25) is 5.75 Å². The summed E-state index contributed by atoms with van der Waals surface area (Å²) in [7, 11) is 7.28. The molecule has 0 saturated carbocycles. The molecule has 3 rings (SSSR count). The predicted octanol–water partition coefficient (Wildman–Crippen LogP) is 4.77. The summed E-state index contributed by atoms with van der Waals surface area (Å²) in [6, 6.07) is 19.4. The fourth-order valence-electron chi connectivity index (χ4n) is 3.74. The Labute approximate surface area is 204 Å². The maximum absolute atomic E-state index is 13.8. The zero-order valence-corrected chi connectivity index (χ0v) is 20.4. The van der Waals surface area contributed by atoms with Crippen molar-refractivity contribution in [3.05, 3.63) is 89.0 Å². The van der Waals surface area contributed by atoms with Crippen LogP contribution in [0.5, 0.6) is 23.0 Å². The predicted molar refractivity (Wildman–Crippen MR) is 133 cm³/mol. The number of benzene rings is 3. The van der Waals surface area contributed by atoms with Crippen LogP contribution < -0.4 is 18.9 Å². The van der Waals surface area contributed by atoms with Crippen molar-refractivity contribution >= 4 is 17.3 Å². The van der Waals surface area contributed by atoms with Gasteiger partial charge in [0.1, 0.15) is 5.75 Å². The van der Waals surface area contributed by atoms with Crippen LogP contribution in [0.25, 0.3) is 5.57 Å². The molecular weight excluding hydrogens is 448 g/mol. The molecule has 0 atom stereocenters. The van der Waals surface area contributed by atoms with Gasteiger partial charge in [-0.15, -0.1) is 0 Å². The van der Waals surface area contributed by atoms with Gasteiger partial charge in [0.25, 0.3) is 0 Å². The van der Waals surface area contributed by atoms with Crippen molar-refractivity contribution in [1.29, 1.82) is 0 Å². The van der Waals surface area contributed by atoms with Gasteiger partial charge in [0.05, 0.1) is 41.1 Å². The topological polar surface area (TPSA) is 80.3 Å². The lowest BCUT2D eigenvalue weighted by atomic mass is 9.89. The second-order valence-corrected chi connectivity index (χ2v) is 7.48. The number of hydrogen-bond donors (Lipinski definition) is 0. The Hall–Kier alpha value is -4.26. The highest BCUT2D eigenvalue weighted by atomic mass is 16.5. The van der Waals surface area contributed by atoms with Crippen LogP contribution in [-0.2, 0) is 16.0 Å². The standard InChI is InChI=1S/C28H28O7/c1-31-21-13-11-19(12-14-21)26(29)22(15-18-9-7-6-8-10-18)25(28(30)35-5)20-16-23(32-2)27(34-4)24(17-20)33-3/h6-14,16-17H,15H2,1-5H3/b25-22-. The Kier molecular flexibility index (Phi) is 8.51. The number of ketones is 1. The van der Waals surface area contributed by atoms with Crippen molar-refractivity contribution in [2.45, 2.75) is 6.42 Å². The molecule has 7 nitrogen and oxygen atoms in total. The molecule has 0 amide bonds. The van der Waals surface area contributed by atoms with Gasteiger partial charge in [-0.1, -0.05) is 30.3 Å². The molecule has 3 aromatic rings. The third kappa shape index (κ3) is 5.63. The SMILES string of the molecule is COC(=O)/C(=C(/Cc1ccccc1)C(=O)c1ccc(OC)cc1)c1cc(OC)c(OC)c(OC)c1. The maximum atomic E-state index is 13.8. The van der Waals surface area contributed by atoms with E-state index in [0.29, 0.717) is 34.1 Å². The zero-order chi connectivity index (χ0) is 25.4. The maximum Gasteiger partial charge on any atom is 0.338 e. The number of carbonyl (C=O) groups excluding carboxylic acids is 2. The number of ether oxygens (including phenoxy) is 5. The van der Waals surface area contributed by atoms with E-state index in [1.54, 1.807) is 43.5 Å². The van der Waals surface area contributed by atoms with E-state index in [-0.39, 0.29) is 23.4 Å². The lowest BCUT2D eigenvalue weighted by Crippen LogP contribution is -2.15. The second-order valence-electron chi connectivity index (χ2n) is 7.48. The molecule has 0 bridgehead atoms. The van der Waals surface area contributed by atoms with Crippen LogP contribution in [-0.4, -0.2) is 47.3 Å². The smallest absolute Gasteiger partial charge is 0.338 e. The van der Waals surface area contributed by atoms with Crippen molar-refractivity contribution in [2.24, 2.45) is 0 Å². The first-order valence-corrected chi connectivity index (χ1v) is 10.8. The molecule has 0 fully saturated rings. The Balaban J connectivity index is 2.31. The van der Waals surface area contributed by atoms with E-state index in [1.807, 2.05) is 30.3 Å².